The van der Waals surface area contributed by atoms with Gasteiger partial charge < -0.3 is 5.11 Å². The van der Waals surface area contributed by atoms with Crippen molar-refractivity contribution in [3.63, 3.8) is 0 Å². The predicted octanol–water partition coefficient (Wildman–Crippen LogP) is 4.93. The molecule has 9 heteroatoms. The second-order valence-electron chi connectivity index (χ2n) is 7.67. The van der Waals surface area contributed by atoms with Gasteiger partial charge in [0.25, 0.3) is 5.92 Å². The molecule has 33 heavy (non-hydrogen) atoms. The zero-order valence-electron chi connectivity index (χ0n) is 17.5. The molecule has 1 aromatic heterocycles. The zero-order chi connectivity index (χ0) is 23.6. The van der Waals surface area contributed by atoms with Crippen LogP contribution >= 0.6 is 0 Å². The van der Waals surface area contributed by atoms with E-state index in [4.69, 9.17) is 0 Å². The van der Waals surface area contributed by atoms with Gasteiger partial charge in [0, 0.05) is 23.6 Å². The Morgan fingerprint density at radius 1 is 1.03 bits per heavy atom. The van der Waals surface area contributed by atoms with Gasteiger partial charge in [0.1, 0.15) is 5.82 Å². The highest BCUT2D eigenvalue weighted by Gasteiger charge is 2.24. The van der Waals surface area contributed by atoms with E-state index in [0.29, 0.717) is 23.1 Å². The number of nitrogens with zero attached hydrogens (tertiary/aromatic N) is 4. The predicted molar refractivity (Wildman–Crippen MR) is 115 cm³/mol. The molecule has 168 valence electrons. The Hall–Kier alpha value is -4.01. The number of tetrazole rings is 1. The molecule has 0 saturated heterocycles. The average molecular weight is 452 g/mol. The van der Waals surface area contributed by atoms with Gasteiger partial charge in [-0.15, -0.1) is 10.2 Å². The molecule has 0 aliphatic carbocycles. The van der Waals surface area contributed by atoms with Crippen LogP contribution in [0.2, 0.25) is 0 Å². The number of hydrogen-bond acceptors (Lipinski definition) is 4. The molecule has 0 aliphatic rings. The first kappa shape index (κ1) is 22.2. The Morgan fingerprint density at radius 3 is 2.42 bits per heavy atom. The number of hydrogen-bond donors (Lipinski definition) is 1. The molecule has 0 saturated carbocycles. The first-order chi connectivity index (χ1) is 15.7. The monoisotopic (exact) mass is 452 g/mol. The van der Waals surface area contributed by atoms with Crippen LogP contribution in [0, 0.1) is 5.82 Å². The first-order valence-corrected chi connectivity index (χ1v) is 10.1. The number of alkyl halides is 2. The molecule has 0 aliphatic heterocycles. The Bertz CT molecular complexity index is 1300. The van der Waals surface area contributed by atoms with Crippen molar-refractivity contribution in [2.75, 3.05) is 0 Å². The molecular formula is C24H19F3N4O2. The third kappa shape index (κ3) is 5.08. The molecule has 4 rings (SSSR count). The van der Waals surface area contributed by atoms with Crippen molar-refractivity contribution in [3.05, 3.63) is 100 Å². The number of aromatic carboxylic acids is 1. The van der Waals surface area contributed by atoms with Crippen LogP contribution in [0.25, 0.3) is 11.4 Å². The number of rotatable bonds is 7. The van der Waals surface area contributed by atoms with E-state index in [2.05, 4.69) is 15.4 Å². The summed E-state index contributed by atoms with van der Waals surface area (Å²) in [6.07, 6.45) is 0.340. The Labute approximate surface area is 187 Å². The van der Waals surface area contributed by atoms with Crippen molar-refractivity contribution in [1.82, 2.24) is 20.2 Å². The number of carboxylic acid groups (broad SMARTS) is 1. The summed E-state index contributed by atoms with van der Waals surface area (Å²) in [5, 5.41) is 21.7. The van der Waals surface area contributed by atoms with E-state index < -0.39 is 17.7 Å². The molecule has 0 fully saturated rings. The van der Waals surface area contributed by atoms with E-state index in [9.17, 15) is 23.1 Å². The highest BCUT2D eigenvalue weighted by molar-refractivity contribution is 5.89. The number of carbonyl (C=O) groups is 1. The highest BCUT2D eigenvalue weighted by atomic mass is 19.3. The van der Waals surface area contributed by atoms with Crippen LogP contribution in [0.5, 0.6) is 0 Å². The summed E-state index contributed by atoms with van der Waals surface area (Å²) in [5.74, 6) is -4.27. The van der Waals surface area contributed by atoms with Crippen LogP contribution < -0.4 is 0 Å². The van der Waals surface area contributed by atoms with Crippen LogP contribution in [0.1, 0.15) is 39.5 Å². The third-order valence-corrected chi connectivity index (χ3v) is 5.18. The maximum absolute atomic E-state index is 14.0. The topological polar surface area (TPSA) is 80.9 Å². The fraction of sp³-hybridized carbons (Fsp3) is 0.167. The second kappa shape index (κ2) is 8.85. The fourth-order valence-corrected chi connectivity index (χ4v) is 3.40. The van der Waals surface area contributed by atoms with Gasteiger partial charge in [-0.25, -0.2) is 18.0 Å². The van der Waals surface area contributed by atoms with Gasteiger partial charge in [-0.05, 0) is 41.0 Å². The van der Waals surface area contributed by atoms with Crippen LogP contribution in [-0.4, -0.2) is 31.3 Å². The van der Waals surface area contributed by atoms with Crippen LogP contribution in [0.15, 0.2) is 66.7 Å². The van der Waals surface area contributed by atoms with Gasteiger partial charge in [0.2, 0.25) is 5.82 Å². The van der Waals surface area contributed by atoms with Crippen LogP contribution in [0.3, 0.4) is 0 Å². The lowest BCUT2D eigenvalue weighted by Gasteiger charge is -2.12. The summed E-state index contributed by atoms with van der Waals surface area (Å²) in [5.41, 5.74) is 2.23. The molecule has 1 N–H and O–H groups in total. The van der Waals surface area contributed by atoms with Gasteiger partial charge in [-0.3, -0.25) is 0 Å². The number of halogens is 3. The third-order valence-electron chi connectivity index (χ3n) is 5.18. The minimum Gasteiger partial charge on any atom is -0.478 e. The first-order valence-electron chi connectivity index (χ1n) is 10.1. The maximum Gasteiger partial charge on any atom is 0.335 e. The molecule has 0 atom stereocenters. The van der Waals surface area contributed by atoms with E-state index in [1.165, 1.54) is 35.1 Å². The molecule has 0 spiro atoms. The van der Waals surface area contributed by atoms with Crippen molar-refractivity contribution in [2.45, 2.75) is 25.8 Å². The molecule has 6 nitrogen and oxygen atoms in total. The molecule has 3 aromatic carbocycles. The summed E-state index contributed by atoms with van der Waals surface area (Å²) in [4.78, 5) is 12.7. The van der Waals surface area contributed by atoms with E-state index in [1.54, 1.807) is 36.4 Å². The number of carboxylic acids is 1. The summed E-state index contributed by atoms with van der Waals surface area (Å²) in [7, 11) is 0. The van der Waals surface area contributed by atoms with Crippen molar-refractivity contribution < 1.29 is 23.1 Å². The van der Waals surface area contributed by atoms with Gasteiger partial charge in [0.05, 0.1) is 12.1 Å². The Balaban J connectivity index is 1.66. The van der Waals surface area contributed by atoms with E-state index in [1.807, 2.05) is 0 Å². The van der Waals surface area contributed by atoms with Crippen molar-refractivity contribution in [1.29, 1.82) is 0 Å². The van der Waals surface area contributed by atoms with E-state index >= 15 is 0 Å². The van der Waals surface area contributed by atoms with E-state index in [0.717, 1.165) is 12.5 Å². The quantitative estimate of drug-likeness (QED) is 0.430. The molecular weight excluding hydrogens is 433 g/mol. The Morgan fingerprint density at radius 2 is 1.76 bits per heavy atom. The molecule has 0 bridgehead atoms. The normalized spacial score (nSPS) is 11.5. The lowest BCUT2D eigenvalue weighted by molar-refractivity contribution is 0.0174. The zero-order valence-corrected chi connectivity index (χ0v) is 17.5. The lowest BCUT2D eigenvalue weighted by atomic mass is 9.96. The van der Waals surface area contributed by atoms with E-state index in [-0.39, 0.29) is 23.5 Å². The molecule has 0 unspecified atom stereocenters. The molecule has 0 amide bonds. The summed E-state index contributed by atoms with van der Waals surface area (Å²) in [6, 6.07) is 16.7. The maximum atomic E-state index is 14.0. The minimum absolute atomic E-state index is 0.0418. The fourth-order valence-electron chi connectivity index (χ4n) is 3.40. The minimum atomic E-state index is -2.94. The van der Waals surface area contributed by atoms with Crippen molar-refractivity contribution in [3.8, 4) is 11.4 Å². The molecule has 4 aromatic rings. The smallest absolute Gasteiger partial charge is 0.335 e. The number of aromatic nitrogens is 4. The van der Waals surface area contributed by atoms with Gasteiger partial charge in [-0.1, -0.05) is 48.5 Å². The Kier molecular flexibility index (Phi) is 5.95. The molecule has 1 heterocycles. The van der Waals surface area contributed by atoms with Crippen molar-refractivity contribution >= 4 is 5.97 Å². The SMILES string of the molecule is CC(F)(F)c1ccc(Cc2ccc(C(=O)O)cc2-c2nnn(Cc3ccccc3F)n2)cc1. The molecule has 0 radical (unpaired) electrons. The second-order valence-corrected chi connectivity index (χ2v) is 7.67. The summed E-state index contributed by atoms with van der Waals surface area (Å²) < 4.78 is 40.9. The van der Waals surface area contributed by atoms with Crippen LogP contribution in [0.4, 0.5) is 13.2 Å². The van der Waals surface area contributed by atoms with Gasteiger partial charge >= 0.3 is 5.97 Å². The van der Waals surface area contributed by atoms with Crippen LogP contribution in [-0.2, 0) is 18.9 Å². The highest BCUT2D eigenvalue weighted by Crippen LogP contribution is 2.29. The largest absolute Gasteiger partial charge is 0.478 e. The van der Waals surface area contributed by atoms with Gasteiger partial charge in [-0.2, -0.15) is 4.80 Å². The van der Waals surface area contributed by atoms with Gasteiger partial charge in [0.15, 0.2) is 0 Å². The van der Waals surface area contributed by atoms with Crippen molar-refractivity contribution in [2.24, 2.45) is 0 Å². The summed E-state index contributed by atoms with van der Waals surface area (Å²) in [6.45, 7) is 0.890. The number of benzene rings is 3. The average Bonchev–Trinajstić information content (AvgIpc) is 3.23. The standard InChI is InChI=1S/C24H19F3N4O2/c1-24(26,27)19-10-6-15(7-11-19)12-16-8-9-17(23(32)33)13-20(16)22-28-30-31(29-22)14-18-4-2-3-5-21(18)25/h2-11,13H,12,14H2,1H3,(H,32,33). The summed E-state index contributed by atoms with van der Waals surface area (Å²) >= 11 is 0. The lowest BCUT2D eigenvalue weighted by Crippen LogP contribution is -2.07.